The van der Waals surface area contributed by atoms with E-state index in [1.54, 1.807) is 6.07 Å². The highest BCUT2D eigenvalue weighted by atomic mass is 35.5. The summed E-state index contributed by atoms with van der Waals surface area (Å²) in [5.41, 5.74) is 1.95. The average Bonchev–Trinajstić information content (AvgIpc) is 3.36. The molecule has 0 unspecified atom stereocenters. The van der Waals surface area contributed by atoms with E-state index in [0.29, 0.717) is 28.4 Å². The quantitative estimate of drug-likeness (QED) is 0.434. The van der Waals surface area contributed by atoms with E-state index in [1.165, 1.54) is 6.21 Å². The lowest BCUT2D eigenvalue weighted by molar-refractivity contribution is -0.140. The summed E-state index contributed by atoms with van der Waals surface area (Å²) in [4.78, 5) is 25.9. The lowest BCUT2D eigenvalue weighted by Crippen LogP contribution is -2.40. The number of hydrogen-bond donors (Lipinski definition) is 0. The second kappa shape index (κ2) is 5.92. The third-order valence-electron chi connectivity index (χ3n) is 7.03. The fourth-order valence-electron chi connectivity index (χ4n) is 5.60. The molecule has 6 heteroatoms. The number of nitrogens with zero attached hydrogens (tertiary/aromatic N) is 2. The van der Waals surface area contributed by atoms with Gasteiger partial charge in [0.15, 0.2) is 0 Å². The Kier molecular flexibility index (Phi) is 3.52. The molecule has 2 bridgehead atoms. The van der Waals surface area contributed by atoms with Crippen LogP contribution in [-0.2, 0) is 9.59 Å². The summed E-state index contributed by atoms with van der Waals surface area (Å²) in [5.74, 6) is 1.91. The Balaban J connectivity index is 1.26. The maximum atomic E-state index is 12.9. The van der Waals surface area contributed by atoms with Crippen LogP contribution in [0.5, 0.6) is 0 Å². The highest BCUT2D eigenvalue weighted by molar-refractivity contribution is 6.30. The zero-order chi connectivity index (χ0) is 19.9. The first-order valence-electron chi connectivity index (χ1n) is 9.99. The van der Waals surface area contributed by atoms with Crippen molar-refractivity contribution in [1.82, 2.24) is 5.01 Å². The Morgan fingerprint density at radius 1 is 1.07 bits per heavy atom. The van der Waals surface area contributed by atoms with Gasteiger partial charge in [0.1, 0.15) is 11.5 Å². The van der Waals surface area contributed by atoms with E-state index in [-0.39, 0.29) is 35.5 Å². The first kappa shape index (κ1) is 17.2. The van der Waals surface area contributed by atoms with Gasteiger partial charge in [-0.2, -0.15) is 10.1 Å². The van der Waals surface area contributed by atoms with Crippen LogP contribution >= 0.6 is 11.6 Å². The fourth-order valence-corrected chi connectivity index (χ4v) is 5.77. The second-order valence-corrected chi connectivity index (χ2v) is 8.99. The molecule has 29 heavy (non-hydrogen) atoms. The number of aryl methyl sites for hydroxylation is 1. The number of hydrazone groups is 1. The molecule has 4 aliphatic carbocycles. The van der Waals surface area contributed by atoms with Crippen molar-refractivity contribution >= 4 is 29.6 Å². The Morgan fingerprint density at radius 2 is 1.76 bits per heavy atom. The minimum atomic E-state index is -0.236. The van der Waals surface area contributed by atoms with E-state index in [4.69, 9.17) is 16.0 Å². The molecule has 5 nitrogen and oxygen atoms in total. The highest BCUT2D eigenvalue weighted by Crippen LogP contribution is 2.65. The molecular formula is C23H19ClN2O3. The monoisotopic (exact) mass is 406 g/mol. The average molecular weight is 407 g/mol. The lowest BCUT2D eigenvalue weighted by atomic mass is 9.63. The van der Waals surface area contributed by atoms with Gasteiger partial charge in [-0.25, -0.2) is 0 Å². The molecular weight excluding hydrogens is 388 g/mol. The van der Waals surface area contributed by atoms with Crippen LogP contribution in [0.25, 0.3) is 11.3 Å². The fraction of sp³-hybridized carbons (Fsp3) is 0.348. The molecule has 2 saturated carbocycles. The number of amides is 2. The minimum absolute atomic E-state index is 0.168. The summed E-state index contributed by atoms with van der Waals surface area (Å²) < 4.78 is 5.86. The molecule has 5 aliphatic rings. The van der Waals surface area contributed by atoms with Crippen LogP contribution in [-0.4, -0.2) is 23.0 Å². The molecule has 2 heterocycles. The third kappa shape index (κ3) is 2.43. The summed E-state index contributed by atoms with van der Waals surface area (Å²) >= 11 is 6.10. The lowest BCUT2D eigenvalue weighted by Gasteiger charge is -2.37. The maximum Gasteiger partial charge on any atom is 0.254 e. The molecule has 7 rings (SSSR count). The second-order valence-electron chi connectivity index (χ2n) is 8.55. The molecule has 146 valence electrons. The number of imide groups is 1. The Morgan fingerprint density at radius 3 is 2.45 bits per heavy atom. The van der Waals surface area contributed by atoms with Crippen LogP contribution < -0.4 is 0 Å². The van der Waals surface area contributed by atoms with E-state index < -0.39 is 0 Å². The predicted octanol–water partition coefficient (Wildman–Crippen LogP) is 4.30. The third-order valence-corrected chi connectivity index (χ3v) is 7.27. The number of allylic oxidation sites excluding steroid dienone is 2. The topological polar surface area (TPSA) is 62.9 Å². The Labute approximate surface area is 173 Å². The minimum Gasteiger partial charge on any atom is -0.455 e. The van der Waals surface area contributed by atoms with Gasteiger partial charge in [0.25, 0.3) is 11.8 Å². The first-order chi connectivity index (χ1) is 14.0. The summed E-state index contributed by atoms with van der Waals surface area (Å²) in [6.45, 7) is 1.98. The van der Waals surface area contributed by atoms with E-state index in [9.17, 15) is 9.59 Å². The van der Waals surface area contributed by atoms with Gasteiger partial charge in [-0.15, -0.1) is 0 Å². The molecule has 1 saturated heterocycles. The zero-order valence-electron chi connectivity index (χ0n) is 15.8. The van der Waals surface area contributed by atoms with Crippen molar-refractivity contribution in [3.63, 3.8) is 0 Å². The van der Waals surface area contributed by atoms with Gasteiger partial charge >= 0.3 is 0 Å². The summed E-state index contributed by atoms with van der Waals surface area (Å²) in [7, 11) is 0. The molecule has 2 aromatic rings. The van der Waals surface area contributed by atoms with Crippen LogP contribution in [0.15, 0.2) is 52.0 Å². The molecule has 1 aliphatic heterocycles. The number of furan rings is 1. The Bertz CT molecular complexity index is 1080. The summed E-state index contributed by atoms with van der Waals surface area (Å²) in [5, 5.41) is 5.93. The maximum absolute atomic E-state index is 12.9. The van der Waals surface area contributed by atoms with E-state index in [0.717, 1.165) is 22.6 Å². The molecule has 0 N–H and O–H groups in total. The van der Waals surface area contributed by atoms with Gasteiger partial charge in [0, 0.05) is 10.6 Å². The predicted molar refractivity (Wildman–Crippen MR) is 108 cm³/mol. The Hall–Kier alpha value is -2.66. The van der Waals surface area contributed by atoms with Crippen LogP contribution in [0.2, 0.25) is 5.02 Å². The smallest absolute Gasteiger partial charge is 0.254 e. The highest BCUT2D eigenvalue weighted by Gasteiger charge is 2.67. The van der Waals surface area contributed by atoms with Crippen LogP contribution in [0.1, 0.15) is 17.7 Å². The first-order valence-corrected chi connectivity index (χ1v) is 10.4. The van der Waals surface area contributed by atoms with E-state index in [2.05, 4.69) is 17.3 Å². The van der Waals surface area contributed by atoms with Gasteiger partial charge in [-0.3, -0.25) is 9.59 Å². The van der Waals surface area contributed by atoms with Crippen LogP contribution in [0, 0.1) is 42.4 Å². The summed E-state index contributed by atoms with van der Waals surface area (Å²) in [6.07, 6.45) is 6.92. The van der Waals surface area contributed by atoms with Crippen molar-refractivity contribution in [3.05, 3.63) is 58.8 Å². The van der Waals surface area contributed by atoms with Crippen LogP contribution in [0.3, 0.4) is 0 Å². The molecule has 6 atom stereocenters. The number of hydrogen-bond acceptors (Lipinski definition) is 4. The molecule has 0 radical (unpaired) electrons. The molecule has 0 spiro atoms. The number of benzene rings is 1. The molecule has 2 amide bonds. The van der Waals surface area contributed by atoms with Crippen molar-refractivity contribution in [2.24, 2.45) is 40.6 Å². The van der Waals surface area contributed by atoms with Crippen molar-refractivity contribution < 1.29 is 14.0 Å². The van der Waals surface area contributed by atoms with Gasteiger partial charge in [-0.1, -0.05) is 29.8 Å². The van der Waals surface area contributed by atoms with Crippen LogP contribution in [0.4, 0.5) is 0 Å². The van der Waals surface area contributed by atoms with Crippen molar-refractivity contribution in [2.75, 3.05) is 0 Å². The van der Waals surface area contributed by atoms with E-state index >= 15 is 0 Å². The number of rotatable bonds is 3. The molecule has 3 fully saturated rings. The molecule has 1 aromatic heterocycles. The normalized spacial score (nSPS) is 34.2. The van der Waals surface area contributed by atoms with Gasteiger partial charge in [-0.05, 0) is 66.8 Å². The summed E-state index contributed by atoms with van der Waals surface area (Å²) in [6, 6.07) is 9.23. The van der Waals surface area contributed by atoms with Crippen molar-refractivity contribution in [2.45, 2.75) is 13.3 Å². The van der Waals surface area contributed by atoms with Gasteiger partial charge in [0.2, 0.25) is 0 Å². The largest absolute Gasteiger partial charge is 0.455 e. The van der Waals surface area contributed by atoms with Crippen molar-refractivity contribution in [3.8, 4) is 11.3 Å². The number of halogens is 1. The SMILES string of the molecule is Cc1ccc(Cl)cc1-c1ccc(/C=N/N2C(=O)[C@@H]3[C@@H]4C=C[C@H]([C@H]5C[C@H]45)[C@@H]3C2=O)o1. The number of carbonyl (C=O) groups is 2. The standard InChI is InChI=1S/C23H19ClN2O3/c1-11-2-3-12(24)8-16(11)19-7-4-13(29-19)10-25-26-22(27)20-14-5-6-15(18-9-17(14)18)21(20)23(26)28/h2-8,10,14-15,17-18,20-21H,9H2,1H3/b25-10+/t14-,15-,17-,18-,20-,21+/m1/s1. The van der Waals surface area contributed by atoms with Crippen molar-refractivity contribution in [1.29, 1.82) is 0 Å². The van der Waals surface area contributed by atoms with E-state index in [1.807, 2.05) is 31.2 Å². The van der Waals surface area contributed by atoms with Gasteiger partial charge in [0.05, 0.1) is 18.1 Å². The van der Waals surface area contributed by atoms with Gasteiger partial charge < -0.3 is 4.42 Å². The molecule has 1 aromatic carbocycles. The number of carbonyl (C=O) groups excluding carboxylic acids is 2. The zero-order valence-corrected chi connectivity index (χ0v) is 16.5.